The molecule has 0 aromatic heterocycles. The highest BCUT2D eigenvalue weighted by Crippen LogP contribution is 2.21. The van der Waals surface area contributed by atoms with Crippen molar-refractivity contribution >= 4 is 27.7 Å². The summed E-state index contributed by atoms with van der Waals surface area (Å²) in [6.45, 7) is 3.32. The predicted octanol–water partition coefficient (Wildman–Crippen LogP) is 2.63. The van der Waals surface area contributed by atoms with Crippen molar-refractivity contribution in [2.75, 3.05) is 20.4 Å². The minimum atomic E-state index is -3.28. The summed E-state index contributed by atoms with van der Waals surface area (Å²) >= 11 is 1.73. The summed E-state index contributed by atoms with van der Waals surface area (Å²) in [5.41, 5.74) is 4.21. The molecule has 3 N–H and O–H groups in total. The molecule has 0 saturated heterocycles. The van der Waals surface area contributed by atoms with Crippen LogP contribution in [0.3, 0.4) is 0 Å². The maximum atomic E-state index is 11.7. The molecule has 0 fully saturated rings. The van der Waals surface area contributed by atoms with Gasteiger partial charge < -0.3 is 10.6 Å². The first-order valence-corrected chi connectivity index (χ1v) is 11.8. The molecule has 0 bridgehead atoms. The van der Waals surface area contributed by atoms with E-state index in [2.05, 4.69) is 51.7 Å². The average molecular weight is 421 g/mol. The maximum Gasteiger partial charge on any atom is 0.215 e. The van der Waals surface area contributed by atoms with Crippen LogP contribution < -0.4 is 15.4 Å². The number of aliphatic imine (C=N–C) groups is 1. The van der Waals surface area contributed by atoms with Gasteiger partial charge >= 0.3 is 0 Å². The third-order valence-corrected chi connectivity index (χ3v) is 6.39. The van der Waals surface area contributed by atoms with E-state index in [-0.39, 0.29) is 5.75 Å². The van der Waals surface area contributed by atoms with Crippen molar-refractivity contribution in [2.24, 2.45) is 4.99 Å². The summed E-state index contributed by atoms with van der Waals surface area (Å²) in [5, 5.41) is 6.61. The minimum Gasteiger partial charge on any atom is -0.352 e. The highest BCUT2D eigenvalue weighted by Gasteiger charge is 2.09. The molecule has 0 unspecified atom stereocenters. The molecule has 8 heteroatoms. The smallest absolute Gasteiger partial charge is 0.215 e. The predicted molar refractivity (Wildman–Crippen MR) is 118 cm³/mol. The first kappa shape index (κ1) is 22.3. The van der Waals surface area contributed by atoms with Crippen molar-refractivity contribution in [2.45, 2.75) is 30.7 Å². The van der Waals surface area contributed by atoms with Crippen LogP contribution in [0, 0.1) is 6.92 Å². The monoisotopic (exact) mass is 420 g/mol. The van der Waals surface area contributed by atoms with Crippen LogP contribution in [-0.2, 0) is 28.9 Å². The van der Waals surface area contributed by atoms with Gasteiger partial charge in [-0.2, -0.15) is 0 Å². The zero-order valence-corrected chi connectivity index (χ0v) is 18.4. The molecule has 2 aromatic carbocycles. The molecule has 0 heterocycles. The number of benzene rings is 2. The van der Waals surface area contributed by atoms with E-state index in [1.807, 2.05) is 24.3 Å². The lowest BCUT2D eigenvalue weighted by Gasteiger charge is -2.14. The van der Waals surface area contributed by atoms with Gasteiger partial charge in [0, 0.05) is 25.0 Å². The molecule has 0 aliphatic carbocycles. The van der Waals surface area contributed by atoms with E-state index in [0.717, 1.165) is 11.1 Å². The van der Waals surface area contributed by atoms with Crippen LogP contribution in [0.4, 0.5) is 0 Å². The minimum absolute atomic E-state index is 0.0325. The Morgan fingerprint density at radius 3 is 2.46 bits per heavy atom. The van der Waals surface area contributed by atoms with E-state index in [4.69, 9.17) is 0 Å². The third kappa shape index (κ3) is 6.85. The molecule has 2 rings (SSSR count). The van der Waals surface area contributed by atoms with Crippen LogP contribution >= 0.6 is 11.8 Å². The van der Waals surface area contributed by atoms with Gasteiger partial charge in [-0.3, -0.25) is 4.99 Å². The second-order valence-electron chi connectivity index (χ2n) is 6.38. The number of thioether (sulfide) groups is 1. The van der Waals surface area contributed by atoms with E-state index in [1.165, 1.54) is 23.1 Å². The van der Waals surface area contributed by atoms with Crippen LogP contribution in [0.15, 0.2) is 52.4 Å². The summed E-state index contributed by atoms with van der Waals surface area (Å²) in [7, 11) is -0.127. The van der Waals surface area contributed by atoms with Crippen molar-refractivity contribution in [3.05, 3.63) is 64.7 Å². The highest BCUT2D eigenvalue weighted by molar-refractivity contribution is 7.98. The van der Waals surface area contributed by atoms with Crippen LogP contribution in [0.1, 0.15) is 22.3 Å². The molecule has 28 heavy (non-hydrogen) atoms. The fraction of sp³-hybridized carbons (Fsp3) is 0.350. The Hall–Kier alpha value is -2.03. The van der Waals surface area contributed by atoms with Gasteiger partial charge in [-0.05, 0) is 48.5 Å². The van der Waals surface area contributed by atoms with Gasteiger partial charge in [0.2, 0.25) is 10.0 Å². The van der Waals surface area contributed by atoms with Crippen molar-refractivity contribution < 1.29 is 8.42 Å². The topological polar surface area (TPSA) is 82.6 Å². The average Bonchev–Trinajstić information content (AvgIpc) is 2.68. The molecule has 152 valence electrons. The summed E-state index contributed by atoms with van der Waals surface area (Å²) < 4.78 is 25.8. The summed E-state index contributed by atoms with van der Waals surface area (Å²) in [6, 6.07) is 14.0. The second-order valence-corrected chi connectivity index (χ2v) is 9.15. The first-order chi connectivity index (χ1) is 13.4. The fourth-order valence-corrected chi connectivity index (χ4v) is 4.17. The van der Waals surface area contributed by atoms with Crippen molar-refractivity contribution in [3.8, 4) is 0 Å². The van der Waals surface area contributed by atoms with Crippen LogP contribution in [0.5, 0.6) is 0 Å². The van der Waals surface area contributed by atoms with Crippen molar-refractivity contribution in [1.82, 2.24) is 15.4 Å². The summed E-state index contributed by atoms with van der Waals surface area (Å²) in [4.78, 5) is 5.52. The van der Waals surface area contributed by atoms with Crippen LogP contribution in [-0.4, -0.2) is 34.7 Å². The van der Waals surface area contributed by atoms with Crippen molar-refractivity contribution in [1.29, 1.82) is 0 Å². The number of hydrogen-bond acceptors (Lipinski definition) is 4. The Balaban J connectivity index is 1.96. The van der Waals surface area contributed by atoms with E-state index in [0.29, 0.717) is 19.0 Å². The molecule has 0 radical (unpaired) electrons. The number of aryl methyl sites for hydroxylation is 1. The molecule has 0 atom stereocenters. The Bertz CT molecular complexity index is 928. The third-order valence-electron chi connectivity index (χ3n) is 4.23. The second kappa shape index (κ2) is 10.5. The lowest BCUT2D eigenvalue weighted by atomic mass is 10.1. The van der Waals surface area contributed by atoms with Gasteiger partial charge in [0.1, 0.15) is 0 Å². The Morgan fingerprint density at radius 2 is 1.79 bits per heavy atom. The number of nitrogens with zero attached hydrogens (tertiary/aromatic N) is 1. The maximum absolute atomic E-state index is 11.7. The number of nitrogens with one attached hydrogen (secondary N) is 3. The van der Waals surface area contributed by atoms with Gasteiger partial charge in [-0.25, -0.2) is 13.1 Å². The van der Waals surface area contributed by atoms with Gasteiger partial charge in [0.25, 0.3) is 0 Å². The number of rotatable bonds is 8. The summed E-state index contributed by atoms with van der Waals surface area (Å²) in [5.74, 6) is 0.663. The van der Waals surface area contributed by atoms with Crippen LogP contribution in [0.2, 0.25) is 0 Å². The normalized spacial score (nSPS) is 12.1. The molecule has 0 spiro atoms. The quantitative estimate of drug-likeness (QED) is 0.347. The molecule has 0 amide bonds. The number of sulfonamides is 1. The Labute approximate surface area is 172 Å². The van der Waals surface area contributed by atoms with E-state index in [1.54, 1.807) is 18.8 Å². The molecule has 6 nitrogen and oxygen atoms in total. The fourth-order valence-electron chi connectivity index (χ4n) is 2.70. The van der Waals surface area contributed by atoms with E-state index in [9.17, 15) is 8.42 Å². The van der Waals surface area contributed by atoms with Gasteiger partial charge in [-0.1, -0.05) is 36.4 Å². The molecule has 2 aromatic rings. The van der Waals surface area contributed by atoms with Crippen molar-refractivity contribution in [3.63, 3.8) is 0 Å². The van der Waals surface area contributed by atoms with E-state index >= 15 is 0 Å². The summed E-state index contributed by atoms with van der Waals surface area (Å²) in [6.07, 6.45) is 2.08. The number of hydrogen-bond donors (Lipinski definition) is 3. The molecular weight excluding hydrogens is 392 g/mol. The molecule has 0 aliphatic heterocycles. The lowest BCUT2D eigenvalue weighted by Crippen LogP contribution is -2.36. The SMILES string of the molecule is CN=C(NCc1cccc(CS(=O)(=O)NC)c1)NCc1ccc(C)cc1SC. The molecular formula is C20H28N4O2S2. The first-order valence-electron chi connectivity index (χ1n) is 8.94. The zero-order chi connectivity index (χ0) is 20.6. The van der Waals surface area contributed by atoms with Gasteiger partial charge in [0.15, 0.2) is 5.96 Å². The molecule has 0 aliphatic rings. The van der Waals surface area contributed by atoms with Gasteiger partial charge in [-0.15, -0.1) is 11.8 Å². The standard InChI is InChI=1S/C20H28N4O2S2/c1-15-8-9-18(19(10-15)27-4)13-24-20(21-2)23-12-16-6-5-7-17(11-16)14-28(25,26)22-3/h5-11,22H,12-14H2,1-4H3,(H2,21,23,24). The number of guanidine groups is 1. The van der Waals surface area contributed by atoms with Gasteiger partial charge in [0.05, 0.1) is 5.75 Å². The van der Waals surface area contributed by atoms with E-state index < -0.39 is 10.0 Å². The zero-order valence-electron chi connectivity index (χ0n) is 16.7. The van der Waals surface area contributed by atoms with Crippen LogP contribution in [0.25, 0.3) is 0 Å². The lowest BCUT2D eigenvalue weighted by molar-refractivity contribution is 0.587. The highest BCUT2D eigenvalue weighted by atomic mass is 32.2. The molecule has 0 saturated carbocycles. The Kier molecular flexibility index (Phi) is 8.35. The Morgan fingerprint density at radius 1 is 1.07 bits per heavy atom. The largest absolute Gasteiger partial charge is 0.352 e.